The van der Waals surface area contributed by atoms with Gasteiger partial charge in [-0.1, -0.05) is 0 Å². The molecule has 3 aromatic rings. The number of methoxy groups -OCH3 is 1. The summed E-state index contributed by atoms with van der Waals surface area (Å²) in [4.78, 5) is 16.1. The Hall–Kier alpha value is -3.02. The molecule has 0 amide bonds. The molecule has 0 radical (unpaired) electrons. The second-order valence-corrected chi connectivity index (χ2v) is 4.66. The van der Waals surface area contributed by atoms with Crippen molar-refractivity contribution in [3.63, 3.8) is 0 Å². The molecule has 0 aliphatic carbocycles. The van der Waals surface area contributed by atoms with Crippen molar-refractivity contribution in [2.24, 2.45) is 0 Å². The molecule has 0 aliphatic heterocycles. The Bertz CT molecular complexity index is 809. The van der Waals surface area contributed by atoms with Gasteiger partial charge < -0.3 is 19.0 Å². The number of nitrogens with zero attached hydrogens (tertiary/aromatic N) is 2. The summed E-state index contributed by atoms with van der Waals surface area (Å²) in [5.41, 5.74) is 1.61. The molecule has 2 aromatic heterocycles. The number of imidazole rings is 1. The molecule has 0 atom stereocenters. The maximum Gasteiger partial charge on any atom is 0.341 e. The second kappa shape index (κ2) is 5.77. The monoisotopic (exact) mass is 298 g/mol. The standard InChI is InChI=1S/C16H14N2O4/c1-21-16(20)14-3-2-8-18-9-11(17-15(14)18)10-22-13-6-4-12(19)5-7-13/h2-9,19H,10H2,1H3. The van der Waals surface area contributed by atoms with Gasteiger partial charge in [0, 0.05) is 12.4 Å². The average Bonchev–Trinajstić information content (AvgIpc) is 2.96. The molecule has 2 heterocycles. The number of fused-ring (bicyclic) bond motifs is 1. The lowest BCUT2D eigenvalue weighted by Gasteiger charge is -2.03. The van der Waals surface area contributed by atoms with Crippen LogP contribution < -0.4 is 4.74 Å². The highest BCUT2D eigenvalue weighted by molar-refractivity contribution is 5.95. The van der Waals surface area contributed by atoms with Crippen LogP contribution in [0.15, 0.2) is 48.8 Å². The molecule has 0 saturated heterocycles. The summed E-state index contributed by atoms with van der Waals surface area (Å²) in [7, 11) is 1.34. The molecule has 112 valence electrons. The van der Waals surface area contributed by atoms with E-state index in [-0.39, 0.29) is 12.4 Å². The first-order chi connectivity index (χ1) is 10.7. The number of esters is 1. The summed E-state index contributed by atoms with van der Waals surface area (Å²) >= 11 is 0. The van der Waals surface area contributed by atoms with Crippen LogP contribution in [0.25, 0.3) is 5.65 Å². The Balaban J connectivity index is 1.83. The van der Waals surface area contributed by atoms with Crippen LogP contribution >= 0.6 is 0 Å². The minimum Gasteiger partial charge on any atom is -0.508 e. The van der Waals surface area contributed by atoms with Crippen LogP contribution in [0.2, 0.25) is 0 Å². The van der Waals surface area contributed by atoms with E-state index in [0.29, 0.717) is 22.7 Å². The Kier molecular flexibility index (Phi) is 3.65. The largest absolute Gasteiger partial charge is 0.508 e. The molecule has 1 aromatic carbocycles. The topological polar surface area (TPSA) is 73.1 Å². The number of phenolic OH excluding ortho intramolecular Hbond substituents is 1. The zero-order valence-corrected chi connectivity index (χ0v) is 11.9. The van der Waals surface area contributed by atoms with E-state index in [0.717, 1.165) is 0 Å². The minimum absolute atomic E-state index is 0.183. The van der Waals surface area contributed by atoms with Gasteiger partial charge in [0.25, 0.3) is 0 Å². The van der Waals surface area contributed by atoms with Crippen molar-refractivity contribution in [2.45, 2.75) is 6.61 Å². The van der Waals surface area contributed by atoms with E-state index in [1.807, 2.05) is 0 Å². The van der Waals surface area contributed by atoms with Crippen LogP contribution in [-0.4, -0.2) is 27.6 Å². The van der Waals surface area contributed by atoms with E-state index in [4.69, 9.17) is 9.47 Å². The predicted octanol–water partition coefficient (Wildman–Crippen LogP) is 2.41. The third kappa shape index (κ3) is 2.71. The first-order valence-corrected chi connectivity index (χ1v) is 6.64. The number of carbonyl (C=O) groups excluding carboxylic acids is 1. The number of aromatic nitrogens is 2. The van der Waals surface area contributed by atoms with Gasteiger partial charge in [-0.15, -0.1) is 0 Å². The van der Waals surface area contributed by atoms with Crippen LogP contribution in [0.5, 0.6) is 11.5 Å². The van der Waals surface area contributed by atoms with Crippen LogP contribution in [0.1, 0.15) is 16.1 Å². The second-order valence-electron chi connectivity index (χ2n) is 4.66. The van der Waals surface area contributed by atoms with Crippen LogP contribution in [-0.2, 0) is 11.3 Å². The Labute approximate surface area is 126 Å². The Morgan fingerprint density at radius 1 is 1.27 bits per heavy atom. The van der Waals surface area contributed by atoms with Crippen LogP contribution in [0.4, 0.5) is 0 Å². The fourth-order valence-corrected chi connectivity index (χ4v) is 2.10. The number of benzene rings is 1. The number of hydrogen-bond acceptors (Lipinski definition) is 5. The van der Waals surface area contributed by atoms with Crippen molar-refractivity contribution < 1.29 is 19.4 Å². The summed E-state index contributed by atoms with van der Waals surface area (Å²) in [6, 6.07) is 9.86. The quantitative estimate of drug-likeness (QED) is 0.749. The molecular formula is C16H14N2O4. The number of hydrogen-bond donors (Lipinski definition) is 1. The Morgan fingerprint density at radius 2 is 2.05 bits per heavy atom. The van der Waals surface area contributed by atoms with E-state index in [9.17, 15) is 9.90 Å². The first kappa shape index (κ1) is 13.9. The van der Waals surface area contributed by atoms with E-state index in [1.165, 1.54) is 7.11 Å². The molecule has 6 heteroatoms. The third-order valence-corrected chi connectivity index (χ3v) is 3.16. The molecule has 1 N–H and O–H groups in total. The molecule has 0 unspecified atom stereocenters. The molecule has 6 nitrogen and oxygen atoms in total. The van der Waals surface area contributed by atoms with Gasteiger partial charge >= 0.3 is 5.97 Å². The van der Waals surface area contributed by atoms with Crippen LogP contribution in [0, 0.1) is 0 Å². The normalized spacial score (nSPS) is 10.6. The smallest absolute Gasteiger partial charge is 0.341 e. The predicted molar refractivity (Wildman–Crippen MR) is 79.0 cm³/mol. The summed E-state index contributed by atoms with van der Waals surface area (Å²) in [6.07, 6.45) is 3.60. The molecule has 0 fully saturated rings. The molecule has 0 bridgehead atoms. The van der Waals surface area contributed by atoms with Gasteiger partial charge in [0.15, 0.2) is 5.65 Å². The molecular weight excluding hydrogens is 284 g/mol. The lowest BCUT2D eigenvalue weighted by molar-refractivity contribution is 0.0602. The summed E-state index contributed by atoms with van der Waals surface area (Å²) in [5, 5.41) is 9.23. The van der Waals surface area contributed by atoms with Crippen molar-refractivity contribution in [3.05, 3.63) is 60.0 Å². The zero-order valence-electron chi connectivity index (χ0n) is 11.9. The van der Waals surface area contributed by atoms with Crippen molar-refractivity contribution in [1.82, 2.24) is 9.38 Å². The molecule has 0 saturated carbocycles. The summed E-state index contributed by atoms with van der Waals surface area (Å²) < 4.78 is 12.1. The highest BCUT2D eigenvalue weighted by atomic mass is 16.5. The van der Waals surface area contributed by atoms with Gasteiger partial charge in [-0.25, -0.2) is 9.78 Å². The Morgan fingerprint density at radius 3 is 2.77 bits per heavy atom. The van der Waals surface area contributed by atoms with E-state index < -0.39 is 5.97 Å². The molecule has 3 rings (SSSR count). The highest BCUT2D eigenvalue weighted by Gasteiger charge is 2.13. The van der Waals surface area contributed by atoms with Crippen molar-refractivity contribution in [3.8, 4) is 11.5 Å². The average molecular weight is 298 g/mol. The number of carbonyl (C=O) groups is 1. The summed E-state index contributed by atoms with van der Waals surface area (Å²) in [6.45, 7) is 0.257. The lowest BCUT2D eigenvalue weighted by Crippen LogP contribution is -2.03. The third-order valence-electron chi connectivity index (χ3n) is 3.16. The number of ether oxygens (including phenoxy) is 2. The van der Waals surface area contributed by atoms with Gasteiger partial charge in [0.1, 0.15) is 23.7 Å². The highest BCUT2D eigenvalue weighted by Crippen LogP contribution is 2.18. The summed E-state index contributed by atoms with van der Waals surface area (Å²) in [5.74, 6) is 0.382. The molecule has 0 spiro atoms. The molecule has 22 heavy (non-hydrogen) atoms. The van der Waals surface area contributed by atoms with Gasteiger partial charge in [0.2, 0.25) is 0 Å². The SMILES string of the molecule is COC(=O)c1cccn2cc(COc3ccc(O)cc3)nc12. The lowest BCUT2D eigenvalue weighted by atomic mass is 10.3. The van der Waals surface area contributed by atoms with E-state index >= 15 is 0 Å². The van der Waals surface area contributed by atoms with Crippen molar-refractivity contribution in [2.75, 3.05) is 7.11 Å². The first-order valence-electron chi connectivity index (χ1n) is 6.64. The number of pyridine rings is 1. The van der Waals surface area contributed by atoms with Gasteiger partial charge in [-0.05, 0) is 36.4 Å². The van der Waals surface area contributed by atoms with E-state index in [1.54, 1.807) is 53.2 Å². The van der Waals surface area contributed by atoms with Gasteiger partial charge in [0.05, 0.1) is 12.8 Å². The maximum atomic E-state index is 11.7. The van der Waals surface area contributed by atoms with E-state index in [2.05, 4.69) is 4.98 Å². The van der Waals surface area contributed by atoms with Crippen molar-refractivity contribution >= 4 is 11.6 Å². The fourth-order valence-electron chi connectivity index (χ4n) is 2.10. The number of phenols is 1. The zero-order chi connectivity index (χ0) is 15.5. The van der Waals surface area contributed by atoms with Crippen molar-refractivity contribution in [1.29, 1.82) is 0 Å². The number of aromatic hydroxyl groups is 1. The van der Waals surface area contributed by atoms with Gasteiger partial charge in [-0.3, -0.25) is 0 Å². The minimum atomic E-state index is -0.429. The fraction of sp³-hybridized carbons (Fsp3) is 0.125. The van der Waals surface area contributed by atoms with Gasteiger partial charge in [-0.2, -0.15) is 0 Å². The molecule has 0 aliphatic rings. The maximum absolute atomic E-state index is 11.7. The van der Waals surface area contributed by atoms with Crippen LogP contribution in [0.3, 0.4) is 0 Å². The number of rotatable bonds is 4.